The van der Waals surface area contributed by atoms with Crippen molar-refractivity contribution in [2.45, 2.75) is 65.5 Å². The van der Waals surface area contributed by atoms with Gasteiger partial charge < -0.3 is 10.4 Å². The van der Waals surface area contributed by atoms with Gasteiger partial charge >= 0.3 is 0 Å². The molecule has 2 rings (SSSR count). The maximum atomic E-state index is 9.25. The molecular weight excluding hydrogens is 308 g/mol. The molecule has 0 aliphatic rings. The second kappa shape index (κ2) is 10.2. The second-order valence-electron chi connectivity index (χ2n) is 6.99. The number of anilines is 1. The molecule has 0 aliphatic carbocycles. The summed E-state index contributed by atoms with van der Waals surface area (Å²) in [6.45, 7) is 6.88. The molecule has 2 aromatic rings. The third-order valence-electron chi connectivity index (χ3n) is 4.94. The molecular formula is C22H32N2O. The van der Waals surface area contributed by atoms with E-state index in [9.17, 15) is 5.11 Å². The lowest BCUT2D eigenvalue weighted by molar-refractivity contribution is 0.281. The predicted octanol–water partition coefficient (Wildman–Crippen LogP) is 4.99. The van der Waals surface area contributed by atoms with Crippen LogP contribution >= 0.6 is 0 Å². The van der Waals surface area contributed by atoms with Gasteiger partial charge in [0.2, 0.25) is 0 Å². The van der Waals surface area contributed by atoms with E-state index in [0.29, 0.717) is 6.04 Å². The first-order valence-corrected chi connectivity index (χ1v) is 9.54. The van der Waals surface area contributed by atoms with Crippen molar-refractivity contribution in [2.24, 2.45) is 5.92 Å². The average Bonchev–Trinajstić information content (AvgIpc) is 2.65. The Labute approximate surface area is 152 Å². The van der Waals surface area contributed by atoms with E-state index in [0.717, 1.165) is 30.1 Å². The Kier molecular flexibility index (Phi) is 7.93. The number of benzene rings is 1. The van der Waals surface area contributed by atoms with Gasteiger partial charge in [-0.3, -0.25) is 0 Å². The van der Waals surface area contributed by atoms with E-state index >= 15 is 0 Å². The lowest BCUT2D eigenvalue weighted by Gasteiger charge is -2.20. The molecule has 3 nitrogen and oxygen atoms in total. The van der Waals surface area contributed by atoms with Crippen LogP contribution in [-0.2, 0) is 19.4 Å². The molecule has 0 aliphatic heterocycles. The van der Waals surface area contributed by atoms with Crippen LogP contribution in [-0.4, -0.2) is 16.1 Å². The summed E-state index contributed by atoms with van der Waals surface area (Å²) in [5.41, 5.74) is 3.53. The highest BCUT2D eigenvalue weighted by Crippen LogP contribution is 2.18. The topological polar surface area (TPSA) is 45.1 Å². The SMILES string of the molecule is CCC(CC)CC(C)Nc1cc(CCc2cccc(CO)c2)ccn1. The van der Waals surface area contributed by atoms with Crippen molar-refractivity contribution in [1.82, 2.24) is 4.98 Å². The monoisotopic (exact) mass is 340 g/mol. The van der Waals surface area contributed by atoms with Crippen LogP contribution in [0.15, 0.2) is 42.6 Å². The van der Waals surface area contributed by atoms with E-state index in [1.54, 1.807) is 0 Å². The standard InChI is InChI=1S/C22H32N2O/c1-4-18(5-2)13-17(3)24-22-15-20(11-12-23-22)10-9-19-7-6-8-21(14-19)16-25/h6-8,11-12,14-15,17-18,25H,4-5,9-10,13,16H2,1-3H3,(H,23,24). The van der Waals surface area contributed by atoms with Gasteiger partial charge in [0.1, 0.15) is 5.82 Å². The molecule has 2 N–H and O–H groups in total. The maximum absolute atomic E-state index is 9.25. The minimum atomic E-state index is 0.103. The molecule has 3 heteroatoms. The minimum absolute atomic E-state index is 0.103. The van der Waals surface area contributed by atoms with Crippen LogP contribution in [0.3, 0.4) is 0 Å². The smallest absolute Gasteiger partial charge is 0.126 e. The van der Waals surface area contributed by atoms with Crippen LogP contribution in [0, 0.1) is 5.92 Å². The van der Waals surface area contributed by atoms with E-state index in [1.165, 1.54) is 30.4 Å². The fraction of sp³-hybridized carbons (Fsp3) is 0.500. The number of hydrogen-bond acceptors (Lipinski definition) is 3. The van der Waals surface area contributed by atoms with Crippen LogP contribution in [0.4, 0.5) is 5.82 Å². The fourth-order valence-electron chi connectivity index (χ4n) is 3.31. The quantitative estimate of drug-likeness (QED) is 0.641. The molecule has 0 saturated heterocycles. The summed E-state index contributed by atoms with van der Waals surface area (Å²) in [7, 11) is 0. The Hall–Kier alpha value is -1.87. The van der Waals surface area contributed by atoms with Crippen LogP contribution < -0.4 is 5.32 Å². The average molecular weight is 341 g/mol. The molecule has 0 amide bonds. The summed E-state index contributed by atoms with van der Waals surface area (Å²) in [6, 6.07) is 12.9. The zero-order valence-corrected chi connectivity index (χ0v) is 15.8. The van der Waals surface area contributed by atoms with Gasteiger partial charge in [-0.1, -0.05) is 51.0 Å². The Balaban J connectivity index is 1.91. The van der Waals surface area contributed by atoms with Gasteiger partial charge in [0.25, 0.3) is 0 Å². The molecule has 0 spiro atoms. The summed E-state index contributed by atoms with van der Waals surface area (Å²) < 4.78 is 0. The van der Waals surface area contributed by atoms with Gasteiger partial charge in [-0.05, 0) is 60.9 Å². The molecule has 136 valence electrons. The van der Waals surface area contributed by atoms with E-state index in [4.69, 9.17) is 0 Å². The first-order valence-electron chi connectivity index (χ1n) is 9.54. The first kappa shape index (κ1) is 19.5. The Morgan fingerprint density at radius 1 is 1.00 bits per heavy atom. The molecule has 0 saturated carbocycles. The van der Waals surface area contributed by atoms with Crippen molar-refractivity contribution in [3.63, 3.8) is 0 Å². The van der Waals surface area contributed by atoms with Crippen molar-refractivity contribution in [3.8, 4) is 0 Å². The van der Waals surface area contributed by atoms with Crippen LogP contribution in [0.5, 0.6) is 0 Å². The summed E-state index contributed by atoms with van der Waals surface area (Å²) in [6.07, 6.45) is 7.51. The molecule has 0 fully saturated rings. The molecule has 0 radical (unpaired) electrons. The highest BCUT2D eigenvalue weighted by molar-refractivity contribution is 5.38. The Bertz CT molecular complexity index is 637. The molecule has 1 heterocycles. The number of aliphatic hydroxyl groups is 1. The third-order valence-corrected chi connectivity index (χ3v) is 4.94. The largest absolute Gasteiger partial charge is 0.392 e. The van der Waals surface area contributed by atoms with Gasteiger partial charge in [-0.2, -0.15) is 0 Å². The Morgan fingerprint density at radius 2 is 1.68 bits per heavy atom. The number of nitrogens with one attached hydrogen (secondary N) is 1. The summed E-state index contributed by atoms with van der Waals surface area (Å²) in [5, 5.41) is 12.8. The Morgan fingerprint density at radius 3 is 2.36 bits per heavy atom. The highest BCUT2D eigenvalue weighted by atomic mass is 16.3. The van der Waals surface area contributed by atoms with Crippen molar-refractivity contribution in [3.05, 3.63) is 59.3 Å². The van der Waals surface area contributed by atoms with Gasteiger partial charge in [-0.15, -0.1) is 0 Å². The zero-order valence-electron chi connectivity index (χ0n) is 15.8. The van der Waals surface area contributed by atoms with Crippen molar-refractivity contribution < 1.29 is 5.11 Å². The lowest BCUT2D eigenvalue weighted by atomic mass is 9.95. The third kappa shape index (κ3) is 6.50. The van der Waals surface area contributed by atoms with E-state index < -0.39 is 0 Å². The number of aromatic nitrogens is 1. The van der Waals surface area contributed by atoms with Crippen molar-refractivity contribution in [2.75, 3.05) is 5.32 Å². The number of rotatable bonds is 10. The van der Waals surface area contributed by atoms with Gasteiger partial charge in [0, 0.05) is 12.2 Å². The number of aliphatic hydroxyl groups excluding tert-OH is 1. The molecule has 1 unspecified atom stereocenters. The maximum Gasteiger partial charge on any atom is 0.126 e. The first-order chi connectivity index (χ1) is 12.1. The normalized spacial score (nSPS) is 12.4. The van der Waals surface area contributed by atoms with Crippen molar-refractivity contribution in [1.29, 1.82) is 0 Å². The van der Waals surface area contributed by atoms with Gasteiger partial charge in [-0.25, -0.2) is 4.98 Å². The second-order valence-corrected chi connectivity index (χ2v) is 6.99. The van der Waals surface area contributed by atoms with Gasteiger partial charge in [0.05, 0.1) is 6.61 Å². The number of nitrogens with zero attached hydrogens (tertiary/aromatic N) is 1. The summed E-state index contributed by atoms with van der Waals surface area (Å²) >= 11 is 0. The predicted molar refractivity (Wildman–Crippen MR) is 106 cm³/mol. The number of pyridine rings is 1. The molecule has 0 bridgehead atoms. The van der Waals surface area contributed by atoms with Crippen LogP contribution in [0.1, 0.15) is 56.7 Å². The fourth-order valence-corrected chi connectivity index (χ4v) is 3.31. The molecule has 1 aromatic heterocycles. The van der Waals surface area contributed by atoms with Crippen molar-refractivity contribution >= 4 is 5.82 Å². The van der Waals surface area contributed by atoms with E-state index in [1.807, 2.05) is 18.3 Å². The summed E-state index contributed by atoms with van der Waals surface area (Å²) in [5.74, 6) is 1.75. The molecule has 1 atom stereocenters. The molecule has 1 aromatic carbocycles. The van der Waals surface area contributed by atoms with Gasteiger partial charge in [0.15, 0.2) is 0 Å². The minimum Gasteiger partial charge on any atom is -0.392 e. The number of aryl methyl sites for hydroxylation is 2. The summed E-state index contributed by atoms with van der Waals surface area (Å²) in [4.78, 5) is 4.48. The highest BCUT2D eigenvalue weighted by Gasteiger charge is 2.10. The zero-order chi connectivity index (χ0) is 18.1. The van der Waals surface area contributed by atoms with Crippen LogP contribution in [0.2, 0.25) is 0 Å². The number of hydrogen-bond donors (Lipinski definition) is 2. The molecule has 25 heavy (non-hydrogen) atoms. The van der Waals surface area contributed by atoms with E-state index in [-0.39, 0.29) is 6.61 Å². The van der Waals surface area contributed by atoms with Crippen LogP contribution in [0.25, 0.3) is 0 Å². The lowest BCUT2D eigenvalue weighted by Crippen LogP contribution is -2.19. The van der Waals surface area contributed by atoms with E-state index in [2.05, 4.69) is 55.3 Å².